The minimum atomic E-state index is -0.0507. The molecule has 136 valence electrons. The number of carbonyl (C=O) groups excluding carboxylic acids is 1. The highest BCUT2D eigenvalue weighted by atomic mass is 32.1. The quantitative estimate of drug-likeness (QED) is 0.590. The molecule has 6 heteroatoms. The van der Waals surface area contributed by atoms with Crippen LogP contribution in [-0.4, -0.2) is 37.7 Å². The van der Waals surface area contributed by atoms with Crippen LogP contribution in [0.5, 0.6) is 11.5 Å². The second-order valence-electron chi connectivity index (χ2n) is 6.50. The standard InChI is InChI=1S/C20H21NO4S/c1-13-9-16-15(11-21(12-24-16)6-4-7-23-2)20-18(13)19(22)17(25-20)10-14-5-3-8-26-14/h3,5,8-10H,4,6-7,11-12H2,1-2H3/b17-10-. The molecule has 0 bridgehead atoms. The summed E-state index contributed by atoms with van der Waals surface area (Å²) < 4.78 is 17.1. The molecule has 4 rings (SSSR count). The number of benzene rings is 1. The predicted octanol–water partition coefficient (Wildman–Crippen LogP) is 3.86. The van der Waals surface area contributed by atoms with Crippen molar-refractivity contribution in [1.82, 2.24) is 4.90 Å². The zero-order valence-corrected chi connectivity index (χ0v) is 15.7. The number of methoxy groups -OCH3 is 1. The van der Waals surface area contributed by atoms with Crippen molar-refractivity contribution in [3.8, 4) is 11.5 Å². The van der Waals surface area contributed by atoms with E-state index in [0.717, 1.165) is 41.3 Å². The zero-order chi connectivity index (χ0) is 18.1. The molecule has 2 aromatic rings. The predicted molar refractivity (Wildman–Crippen MR) is 101 cm³/mol. The summed E-state index contributed by atoms with van der Waals surface area (Å²) in [6, 6.07) is 5.89. The van der Waals surface area contributed by atoms with E-state index < -0.39 is 0 Å². The molecule has 2 aliphatic rings. The summed E-state index contributed by atoms with van der Waals surface area (Å²) in [6.07, 6.45) is 2.76. The van der Waals surface area contributed by atoms with Gasteiger partial charge in [0.2, 0.25) is 5.78 Å². The minimum absolute atomic E-state index is 0.0507. The van der Waals surface area contributed by atoms with E-state index in [1.54, 1.807) is 18.4 Å². The summed E-state index contributed by atoms with van der Waals surface area (Å²) >= 11 is 1.58. The largest absolute Gasteiger partial charge is 0.478 e. The average Bonchev–Trinajstić information content (AvgIpc) is 3.25. The number of allylic oxidation sites excluding steroid dienone is 1. The molecule has 1 aromatic heterocycles. The topological polar surface area (TPSA) is 48.0 Å². The third-order valence-corrected chi connectivity index (χ3v) is 5.45. The highest BCUT2D eigenvalue weighted by Gasteiger charge is 2.35. The van der Waals surface area contributed by atoms with Crippen molar-refractivity contribution in [1.29, 1.82) is 0 Å². The molecule has 0 atom stereocenters. The van der Waals surface area contributed by atoms with E-state index in [1.807, 2.05) is 36.6 Å². The van der Waals surface area contributed by atoms with Gasteiger partial charge >= 0.3 is 0 Å². The normalized spacial score (nSPS) is 17.8. The van der Waals surface area contributed by atoms with Crippen molar-refractivity contribution in [2.24, 2.45) is 0 Å². The van der Waals surface area contributed by atoms with E-state index in [1.165, 1.54) is 0 Å². The number of nitrogens with zero attached hydrogens (tertiary/aromatic N) is 1. The van der Waals surface area contributed by atoms with E-state index in [-0.39, 0.29) is 5.78 Å². The summed E-state index contributed by atoms with van der Waals surface area (Å²) in [6.45, 7) is 4.78. The molecule has 26 heavy (non-hydrogen) atoms. The summed E-state index contributed by atoms with van der Waals surface area (Å²) in [5, 5.41) is 1.98. The Bertz CT molecular complexity index is 857. The minimum Gasteiger partial charge on any atom is -0.478 e. The van der Waals surface area contributed by atoms with Gasteiger partial charge in [-0.2, -0.15) is 0 Å². The van der Waals surface area contributed by atoms with Gasteiger partial charge in [-0.05, 0) is 36.4 Å². The van der Waals surface area contributed by atoms with E-state index in [4.69, 9.17) is 14.2 Å². The van der Waals surface area contributed by atoms with Crippen molar-refractivity contribution in [2.45, 2.75) is 19.9 Å². The number of rotatable bonds is 5. The van der Waals surface area contributed by atoms with E-state index in [2.05, 4.69) is 4.90 Å². The van der Waals surface area contributed by atoms with Crippen LogP contribution in [0.3, 0.4) is 0 Å². The third-order valence-electron chi connectivity index (χ3n) is 4.63. The molecular weight excluding hydrogens is 350 g/mol. The Balaban J connectivity index is 1.64. The Labute approximate surface area is 156 Å². The summed E-state index contributed by atoms with van der Waals surface area (Å²) in [5.74, 6) is 1.80. The van der Waals surface area contributed by atoms with Crippen molar-refractivity contribution in [2.75, 3.05) is 27.0 Å². The molecular formula is C20H21NO4S. The fraction of sp³-hybridized carbons (Fsp3) is 0.350. The first-order valence-corrected chi connectivity index (χ1v) is 9.53. The first-order valence-electron chi connectivity index (χ1n) is 8.65. The van der Waals surface area contributed by atoms with Gasteiger partial charge < -0.3 is 14.2 Å². The van der Waals surface area contributed by atoms with Crippen LogP contribution in [0.1, 0.15) is 32.8 Å². The van der Waals surface area contributed by atoms with Crippen LogP contribution in [-0.2, 0) is 11.3 Å². The van der Waals surface area contributed by atoms with Gasteiger partial charge in [0.15, 0.2) is 5.76 Å². The lowest BCUT2D eigenvalue weighted by molar-refractivity contribution is 0.0822. The summed E-state index contributed by atoms with van der Waals surface area (Å²) in [4.78, 5) is 16.1. The fourth-order valence-electron chi connectivity index (χ4n) is 3.35. The number of fused-ring (bicyclic) bond motifs is 3. The maximum Gasteiger partial charge on any atom is 0.232 e. The molecule has 3 heterocycles. The van der Waals surface area contributed by atoms with Crippen LogP contribution in [0, 0.1) is 6.92 Å². The third kappa shape index (κ3) is 3.16. The number of hydrogen-bond donors (Lipinski definition) is 0. The lowest BCUT2D eigenvalue weighted by Gasteiger charge is -2.30. The molecule has 0 fully saturated rings. The average molecular weight is 371 g/mol. The molecule has 0 radical (unpaired) electrons. The molecule has 0 spiro atoms. The second-order valence-corrected chi connectivity index (χ2v) is 7.48. The monoisotopic (exact) mass is 371 g/mol. The Hall–Kier alpha value is -2.15. The lowest BCUT2D eigenvalue weighted by Crippen LogP contribution is -2.33. The Morgan fingerprint density at radius 1 is 1.42 bits per heavy atom. The van der Waals surface area contributed by atoms with Crippen molar-refractivity contribution in [3.63, 3.8) is 0 Å². The molecule has 0 amide bonds. The first kappa shape index (κ1) is 17.3. The van der Waals surface area contributed by atoms with Gasteiger partial charge in [0.25, 0.3) is 0 Å². The Morgan fingerprint density at radius 3 is 3.08 bits per heavy atom. The van der Waals surface area contributed by atoms with Crippen LogP contribution < -0.4 is 9.47 Å². The zero-order valence-electron chi connectivity index (χ0n) is 14.9. The first-order chi connectivity index (χ1) is 12.7. The molecule has 2 aliphatic heterocycles. The number of ether oxygens (including phenoxy) is 3. The number of aryl methyl sites for hydroxylation is 1. The van der Waals surface area contributed by atoms with Crippen LogP contribution in [0.25, 0.3) is 6.08 Å². The van der Waals surface area contributed by atoms with Gasteiger partial charge in [-0.1, -0.05) is 6.07 Å². The van der Waals surface area contributed by atoms with E-state index in [9.17, 15) is 4.79 Å². The number of carbonyl (C=O) groups is 1. The van der Waals surface area contributed by atoms with Crippen molar-refractivity contribution in [3.05, 3.63) is 50.9 Å². The van der Waals surface area contributed by atoms with Gasteiger partial charge in [0, 0.05) is 37.8 Å². The maximum absolute atomic E-state index is 12.9. The number of hydrogen-bond acceptors (Lipinski definition) is 6. The number of Topliss-reactive ketones (excluding diaryl/α,β-unsaturated/α-hetero) is 1. The van der Waals surface area contributed by atoms with Gasteiger partial charge in [0.05, 0.1) is 11.1 Å². The number of thiophene rings is 1. The van der Waals surface area contributed by atoms with Crippen LogP contribution in [0.2, 0.25) is 0 Å². The molecule has 0 N–H and O–H groups in total. The highest BCUT2D eigenvalue weighted by molar-refractivity contribution is 7.10. The number of ketones is 1. The van der Waals surface area contributed by atoms with Crippen LogP contribution in [0.15, 0.2) is 29.3 Å². The highest BCUT2D eigenvalue weighted by Crippen LogP contribution is 2.44. The molecule has 0 saturated heterocycles. The molecule has 5 nitrogen and oxygen atoms in total. The summed E-state index contributed by atoms with van der Waals surface area (Å²) in [7, 11) is 1.71. The second kappa shape index (κ2) is 7.23. The summed E-state index contributed by atoms with van der Waals surface area (Å²) in [5.41, 5.74) is 2.51. The van der Waals surface area contributed by atoms with Gasteiger partial charge in [-0.3, -0.25) is 9.69 Å². The maximum atomic E-state index is 12.9. The van der Waals surface area contributed by atoms with Crippen LogP contribution >= 0.6 is 11.3 Å². The van der Waals surface area contributed by atoms with Gasteiger partial charge in [-0.15, -0.1) is 11.3 Å². The fourth-order valence-corrected chi connectivity index (χ4v) is 4.00. The van der Waals surface area contributed by atoms with E-state index in [0.29, 0.717) is 30.3 Å². The van der Waals surface area contributed by atoms with Crippen LogP contribution in [0.4, 0.5) is 0 Å². The Kier molecular flexibility index (Phi) is 4.80. The van der Waals surface area contributed by atoms with Crippen molar-refractivity contribution < 1.29 is 19.0 Å². The Morgan fingerprint density at radius 2 is 2.31 bits per heavy atom. The molecule has 1 aromatic carbocycles. The van der Waals surface area contributed by atoms with E-state index >= 15 is 0 Å². The molecule has 0 unspecified atom stereocenters. The molecule has 0 aliphatic carbocycles. The lowest BCUT2D eigenvalue weighted by atomic mass is 9.99. The SMILES string of the molecule is COCCCN1COc2cc(C)c3c(c2C1)O/C(=C\c1cccs1)C3=O. The smallest absolute Gasteiger partial charge is 0.232 e. The van der Waals surface area contributed by atoms with Gasteiger partial charge in [-0.25, -0.2) is 0 Å². The van der Waals surface area contributed by atoms with Gasteiger partial charge in [0.1, 0.15) is 18.2 Å². The van der Waals surface area contributed by atoms with Crippen molar-refractivity contribution >= 4 is 23.2 Å². The molecule has 0 saturated carbocycles.